The lowest BCUT2D eigenvalue weighted by Crippen LogP contribution is -2.13. The molecule has 1 heterocycles. The summed E-state index contributed by atoms with van der Waals surface area (Å²) >= 11 is 0. The first-order valence-corrected chi connectivity index (χ1v) is 4.93. The summed E-state index contributed by atoms with van der Waals surface area (Å²) in [7, 11) is 0. The van der Waals surface area contributed by atoms with Crippen LogP contribution in [0.5, 0.6) is 0 Å². The monoisotopic (exact) mass is 212 g/mol. The normalized spacial score (nSPS) is 19.3. The molecule has 82 valence electrons. The number of hydrogen-bond donors (Lipinski definition) is 1. The molecule has 1 unspecified atom stereocenters. The predicted octanol–water partition coefficient (Wildman–Crippen LogP) is 1.62. The molecule has 4 heteroatoms. The summed E-state index contributed by atoms with van der Waals surface area (Å²) in [6.45, 7) is 1.07. The van der Waals surface area contributed by atoms with Gasteiger partial charge in [-0.1, -0.05) is 18.2 Å². The molecular formula is C11H13FO3. The highest BCUT2D eigenvalue weighted by molar-refractivity contribution is 5.19. The van der Waals surface area contributed by atoms with Crippen LogP contribution in [0, 0.1) is 5.82 Å². The molecule has 0 spiro atoms. The highest BCUT2D eigenvalue weighted by atomic mass is 19.1. The van der Waals surface area contributed by atoms with Crippen molar-refractivity contribution < 1.29 is 19.0 Å². The van der Waals surface area contributed by atoms with Gasteiger partial charge < -0.3 is 14.6 Å². The lowest BCUT2D eigenvalue weighted by atomic mass is 10.1. The summed E-state index contributed by atoms with van der Waals surface area (Å²) in [5.74, 6) is -0.400. The van der Waals surface area contributed by atoms with E-state index in [9.17, 15) is 9.50 Å². The summed E-state index contributed by atoms with van der Waals surface area (Å²) < 4.78 is 23.6. The second kappa shape index (κ2) is 4.70. The molecule has 1 aromatic rings. The molecule has 15 heavy (non-hydrogen) atoms. The van der Waals surface area contributed by atoms with Crippen LogP contribution in [0.15, 0.2) is 24.3 Å². The zero-order valence-corrected chi connectivity index (χ0v) is 8.23. The van der Waals surface area contributed by atoms with E-state index in [1.807, 2.05) is 0 Å². The Morgan fingerprint density at radius 2 is 2.00 bits per heavy atom. The lowest BCUT2D eigenvalue weighted by Gasteiger charge is -2.15. The van der Waals surface area contributed by atoms with Gasteiger partial charge in [0, 0.05) is 12.0 Å². The number of aliphatic hydroxyl groups excluding tert-OH is 1. The average molecular weight is 212 g/mol. The van der Waals surface area contributed by atoms with Crippen LogP contribution in [0.1, 0.15) is 18.1 Å². The second-order valence-electron chi connectivity index (χ2n) is 3.44. The van der Waals surface area contributed by atoms with Crippen LogP contribution in [0.25, 0.3) is 0 Å². The van der Waals surface area contributed by atoms with Crippen molar-refractivity contribution in [1.82, 2.24) is 0 Å². The smallest absolute Gasteiger partial charge is 0.160 e. The van der Waals surface area contributed by atoms with E-state index in [4.69, 9.17) is 9.47 Å². The highest BCUT2D eigenvalue weighted by Gasteiger charge is 2.22. The van der Waals surface area contributed by atoms with E-state index in [0.717, 1.165) is 0 Å². The predicted molar refractivity (Wildman–Crippen MR) is 51.7 cm³/mol. The molecule has 3 nitrogen and oxygen atoms in total. The third-order valence-electron chi connectivity index (χ3n) is 2.37. The van der Waals surface area contributed by atoms with E-state index < -0.39 is 18.2 Å². The first-order valence-electron chi connectivity index (χ1n) is 4.93. The Balaban J connectivity index is 2.00. The van der Waals surface area contributed by atoms with Gasteiger partial charge in [0.15, 0.2) is 6.29 Å². The van der Waals surface area contributed by atoms with Gasteiger partial charge in [0.1, 0.15) is 5.82 Å². The molecule has 1 aliphatic rings. The molecular weight excluding hydrogens is 199 g/mol. The number of benzene rings is 1. The van der Waals surface area contributed by atoms with Crippen LogP contribution < -0.4 is 0 Å². The molecule has 0 bridgehead atoms. The van der Waals surface area contributed by atoms with Gasteiger partial charge in [-0.25, -0.2) is 4.39 Å². The molecule has 1 fully saturated rings. The van der Waals surface area contributed by atoms with E-state index in [1.165, 1.54) is 6.07 Å². The van der Waals surface area contributed by atoms with Crippen LogP contribution in [0.3, 0.4) is 0 Å². The summed E-state index contributed by atoms with van der Waals surface area (Å²) in [6, 6.07) is 6.18. The van der Waals surface area contributed by atoms with Gasteiger partial charge in [-0.15, -0.1) is 0 Å². The molecule has 0 saturated carbocycles. The minimum absolute atomic E-state index is 0.265. The Labute approximate surface area is 87.4 Å². The summed E-state index contributed by atoms with van der Waals surface area (Å²) in [6.07, 6.45) is -1.03. The lowest BCUT2D eigenvalue weighted by molar-refractivity contribution is -0.0711. The largest absolute Gasteiger partial charge is 0.388 e. The van der Waals surface area contributed by atoms with Crippen molar-refractivity contribution in [1.29, 1.82) is 0 Å². The minimum Gasteiger partial charge on any atom is -0.388 e. The van der Waals surface area contributed by atoms with Crippen molar-refractivity contribution in [3.05, 3.63) is 35.6 Å². The van der Waals surface area contributed by atoms with Gasteiger partial charge in [-0.3, -0.25) is 0 Å². The highest BCUT2D eigenvalue weighted by Crippen LogP contribution is 2.23. The van der Waals surface area contributed by atoms with Crippen LogP contribution >= 0.6 is 0 Å². The first-order chi connectivity index (χ1) is 7.27. The molecule has 1 N–H and O–H groups in total. The van der Waals surface area contributed by atoms with Crippen LogP contribution in [-0.2, 0) is 9.47 Å². The van der Waals surface area contributed by atoms with Gasteiger partial charge in [-0.05, 0) is 6.07 Å². The number of halogens is 1. The maximum Gasteiger partial charge on any atom is 0.160 e. The van der Waals surface area contributed by atoms with Crippen molar-refractivity contribution in [3.8, 4) is 0 Å². The number of ether oxygens (including phenoxy) is 2. The number of aliphatic hydroxyl groups is 1. The zero-order valence-electron chi connectivity index (χ0n) is 8.23. The van der Waals surface area contributed by atoms with Crippen molar-refractivity contribution >= 4 is 0 Å². The summed E-state index contributed by atoms with van der Waals surface area (Å²) in [5.41, 5.74) is 0.289. The fourth-order valence-corrected chi connectivity index (χ4v) is 1.60. The van der Waals surface area contributed by atoms with Crippen LogP contribution in [0.2, 0.25) is 0 Å². The minimum atomic E-state index is -0.880. The Kier molecular flexibility index (Phi) is 3.30. The Hall–Kier alpha value is -0.970. The molecule has 1 atom stereocenters. The molecule has 1 aliphatic heterocycles. The van der Waals surface area contributed by atoms with Crippen molar-refractivity contribution in [3.63, 3.8) is 0 Å². The molecule has 0 aliphatic carbocycles. The maximum atomic E-state index is 13.3. The molecule has 2 rings (SSSR count). The van der Waals surface area contributed by atoms with E-state index in [2.05, 4.69) is 0 Å². The van der Waals surface area contributed by atoms with Gasteiger partial charge in [-0.2, -0.15) is 0 Å². The molecule has 0 amide bonds. The van der Waals surface area contributed by atoms with Gasteiger partial charge in [0.25, 0.3) is 0 Å². The van der Waals surface area contributed by atoms with Crippen molar-refractivity contribution in [2.24, 2.45) is 0 Å². The maximum absolute atomic E-state index is 13.3. The van der Waals surface area contributed by atoms with Crippen molar-refractivity contribution in [2.45, 2.75) is 18.8 Å². The van der Waals surface area contributed by atoms with E-state index in [1.54, 1.807) is 18.2 Å². The molecule has 0 radical (unpaired) electrons. The van der Waals surface area contributed by atoms with E-state index in [-0.39, 0.29) is 12.0 Å². The van der Waals surface area contributed by atoms with Gasteiger partial charge >= 0.3 is 0 Å². The molecule has 0 aromatic heterocycles. The molecule has 1 aromatic carbocycles. The van der Waals surface area contributed by atoms with Crippen LogP contribution in [0.4, 0.5) is 4.39 Å². The fraction of sp³-hybridized carbons (Fsp3) is 0.455. The second-order valence-corrected chi connectivity index (χ2v) is 3.44. The summed E-state index contributed by atoms with van der Waals surface area (Å²) in [4.78, 5) is 0. The Morgan fingerprint density at radius 1 is 1.33 bits per heavy atom. The van der Waals surface area contributed by atoms with Crippen molar-refractivity contribution in [2.75, 3.05) is 13.2 Å². The fourth-order valence-electron chi connectivity index (χ4n) is 1.60. The SMILES string of the molecule is OC(CC1OCCO1)c1ccccc1F. The number of rotatable bonds is 3. The quantitative estimate of drug-likeness (QED) is 0.827. The van der Waals surface area contributed by atoms with E-state index >= 15 is 0 Å². The third kappa shape index (κ3) is 2.53. The molecule has 1 saturated heterocycles. The first kappa shape index (κ1) is 10.5. The standard InChI is InChI=1S/C11H13FO3/c12-9-4-2-1-3-8(9)10(13)7-11-14-5-6-15-11/h1-4,10-11,13H,5-7H2. The summed E-state index contributed by atoms with van der Waals surface area (Å²) in [5, 5.41) is 9.76. The van der Waals surface area contributed by atoms with Gasteiger partial charge in [0.2, 0.25) is 0 Å². The van der Waals surface area contributed by atoms with Crippen LogP contribution in [-0.4, -0.2) is 24.6 Å². The van der Waals surface area contributed by atoms with E-state index in [0.29, 0.717) is 13.2 Å². The topological polar surface area (TPSA) is 38.7 Å². The Bertz CT molecular complexity index is 323. The third-order valence-corrected chi connectivity index (χ3v) is 2.37. The number of hydrogen-bond acceptors (Lipinski definition) is 3. The zero-order chi connectivity index (χ0) is 10.7. The van der Waals surface area contributed by atoms with Gasteiger partial charge in [0.05, 0.1) is 19.3 Å². The Morgan fingerprint density at radius 3 is 2.67 bits per heavy atom. The average Bonchev–Trinajstić information content (AvgIpc) is 2.71.